The van der Waals surface area contributed by atoms with E-state index in [0.29, 0.717) is 21.6 Å². The van der Waals surface area contributed by atoms with Gasteiger partial charge in [0.2, 0.25) is 0 Å². The van der Waals surface area contributed by atoms with E-state index < -0.39 is 0 Å². The molecule has 0 aliphatic carbocycles. The smallest absolute Gasteiger partial charge is 0.315 e. The number of hydrogen-bond acceptors (Lipinski definition) is 1. The molecule has 1 aromatic carbocycles. The van der Waals surface area contributed by atoms with E-state index in [1.165, 1.54) is 0 Å². The lowest BCUT2D eigenvalue weighted by molar-refractivity contribution is 0.247. The van der Waals surface area contributed by atoms with Gasteiger partial charge in [0.25, 0.3) is 0 Å². The van der Waals surface area contributed by atoms with Crippen molar-refractivity contribution in [2.75, 3.05) is 6.54 Å². The Hall–Kier alpha value is -0.640. The number of benzene rings is 1. The van der Waals surface area contributed by atoms with E-state index in [0.717, 1.165) is 5.56 Å². The molecule has 3 nitrogen and oxygen atoms in total. The minimum atomic E-state index is -0.216. The summed E-state index contributed by atoms with van der Waals surface area (Å²) in [6, 6.07) is 2.88. The van der Waals surface area contributed by atoms with Crippen molar-refractivity contribution < 1.29 is 4.79 Å². The van der Waals surface area contributed by atoms with Gasteiger partial charge in [-0.25, -0.2) is 4.79 Å². The Morgan fingerprint density at radius 2 is 2.00 bits per heavy atom. The summed E-state index contributed by atoms with van der Waals surface area (Å²) in [6.07, 6.45) is 0. The molecule has 1 aliphatic heterocycles. The fourth-order valence-corrected chi connectivity index (χ4v) is 2.22. The van der Waals surface area contributed by atoms with E-state index in [2.05, 4.69) is 10.6 Å². The number of rotatable bonds is 1. The highest BCUT2D eigenvalue weighted by atomic mass is 35.5. The topological polar surface area (TPSA) is 41.1 Å². The van der Waals surface area contributed by atoms with Gasteiger partial charge in [-0.3, -0.25) is 0 Å². The first-order valence-corrected chi connectivity index (χ1v) is 5.40. The van der Waals surface area contributed by atoms with Crippen LogP contribution in [0.4, 0.5) is 4.79 Å². The zero-order valence-corrected chi connectivity index (χ0v) is 9.75. The summed E-state index contributed by atoms with van der Waals surface area (Å²) in [7, 11) is 0. The Morgan fingerprint density at radius 1 is 1.27 bits per heavy atom. The Balaban J connectivity index is 2.39. The Labute approximate surface area is 102 Å². The lowest BCUT2D eigenvalue weighted by Crippen LogP contribution is -2.21. The second kappa shape index (κ2) is 4.08. The molecule has 1 aliphatic rings. The third-order valence-corrected chi connectivity index (χ3v) is 3.20. The van der Waals surface area contributed by atoms with Crippen molar-refractivity contribution in [3.8, 4) is 0 Å². The minimum absolute atomic E-state index is 0.179. The molecule has 2 N–H and O–H groups in total. The normalized spacial score (nSPS) is 19.9. The third kappa shape index (κ3) is 2.14. The summed E-state index contributed by atoms with van der Waals surface area (Å²) in [6.45, 7) is 0.481. The van der Waals surface area contributed by atoms with Gasteiger partial charge < -0.3 is 10.6 Å². The van der Waals surface area contributed by atoms with Crippen LogP contribution in [0.1, 0.15) is 11.6 Å². The quantitative estimate of drug-likeness (QED) is 0.753. The van der Waals surface area contributed by atoms with Gasteiger partial charge in [-0.15, -0.1) is 0 Å². The summed E-state index contributed by atoms with van der Waals surface area (Å²) in [4.78, 5) is 11.0. The van der Waals surface area contributed by atoms with Gasteiger partial charge in [0.15, 0.2) is 0 Å². The van der Waals surface area contributed by atoms with Crippen molar-refractivity contribution in [3.63, 3.8) is 0 Å². The second-order valence-electron chi connectivity index (χ2n) is 3.20. The molecular weight excluding hydrogens is 258 g/mol. The molecule has 0 radical (unpaired) electrons. The van der Waals surface area contributed by atoms with Gasteiger partial charge in [-0.05, 0) is 17.7 Å². The van der Waals surface area contributed by atoms with Crippen molar-refractivity contribution in [2.45, 2.75) is 6.04 Å². The average Bonchev–Trinajstić information content (AvgIpc) is 2.58. The first kappa shape index (κ1) is 10.9. The van der Waals surface area contributed by atoms with Crippen molar-refractivity contribution in [2.24, 2.45) is 0 Å². The fourth-order valence-electron chi connectivity index (χ4n) is 1.47. The fraction of sp³-hybridized carbons (Fsp3) is 0.222. The SMILES string of the molecule is O=C1NC[C@@H](c2cc(Cl)cc(Cl)c2Cl)N1. The maximum atomic E-state index is 11.0. The van der Waals surface area contributed by atoms with Crippen LogP contribution >= 0.6 is 34.8 Å². The van der Waals surface area contributed by atoms with Crippen LogP contribution in [0, 0.1) is 0 Å². The molecule has 0 bridgehead atoms. The standard InChI is InChI=1S/C9H7Cl3N2O/c10-4-1-5(8(12)6(11)2-4)7-3-13-9(15)14-7/h1-2,7H,3H2,(H2,13,14,15)/t7-/m0/s1. The number of carbonyl (C=O) groups excluding carboxylic acids is 1. The molecule has 0 aromatic heterocycles. The van der Waals surface area contributed by atoms with Gasteiger partial charge in [0, 0.05) is 11.6 Å². The highest BCUT2D eigenvalue weighted by Gasteiger charge is 2.24. The molecule has 2 amide bonds. The molecular formula is C9H7Cl3N2O. The molecule has 1 fully saturated rings. The van der Waals surface area contributed by atoms with Gasteiger partial charge in [0.05, 0.1) is 16.1 Å². The summed E-state index contributed by atoms with van der Waals surface area (Å²) < 4.78 is 0. The molecule has 80 valence electrons. The zero-order chi connectivity index (χ0) is 11.0. The zero-order valence-electron chi connectivity index (χ0n) is 7.48. The van der Waals surface area contributed by atoms with Gasteiger partial charge >= 0.3 is 6.03 Å². The van der Waals surface area contributed by atoms with E-state index in [4.69, 9.17) is 34.8 Å². The van der Waals surface area contributed by atoms with E-state index in [1.54, 1.807) is 12.1 Å². The molecule has 1 heterocycles. The van der Waals surface area contributed by atoms with Crippen molar-refractivity contribution in [1.82, 2.24) is 10.6 Å². The van der Waals surface area contributed by atoms with Crippen LogP contribution in [0.25, 0.3) is 0 Å². The molecule has 0 saturated carbocycles. The van der Waals surface area contributed by atoms with Crippen LogP contribution in [-0.2, 0) is 0 Å². The van der Waals surface area contributed by atoms with Crippen LogP contribution < -0.4 is 10.6 Å². The van der Waals surface area contributed by atoms with E-state index >= 15 is 0 Å². The molecule has 15 heavy (non-hydrogen) atoms. The van der Waals surface area contributed by atoms with E-state index in [9.17, 15) is 4.79 Å². The number of halogens is 3. The van der Waals surface area contributed by atoms with Crippen molar-refractivity contribution >= 4 is 40.8 Å². The monoisotopic (exact) mass is 264 g/mol. The van der Waals surface area contributed by atoms with Gasteiger partial charge in [-0.1, -0.05) is 34.8 Å². The summed E-state index contributed by atoms with van der Waals surface area (Å²) in [5.74, 6) is 0. The molecule has 0 unspecified atom stereocenters. The Kier molecular flexibility index (Phi) is 2.96. The highest BCUT2D eigenvalue weighted by molar-refractivity contribution is 6.43. The van der Waals surface area contributed by atoms with Crippen LogP contribution in [0.5, 0.6) is 0 Å². The molecule has 1 atom stereocenters. The van der Waals surface area contributed by atoms with Crippen LogP contribution in [0.2, 0.25) is 15.1 Å². The number of hydrogen-bond donors (Lipinski definition) is 2. The number of urea groups is 1. The summed E-state index contributed by atoms with van der Waals surface area (Å²) in [5.41, 5.74) is 0.729. The Bertz CT molecular complexity index is 422. The lowest BCUT2D eigenvalue weighted by atomic mass is 10.1. The van der Waals surface area contributed by atoms with Crippen molar-refractivity contribution in [3.05, 3.63) is 32.8 Å². The maximum absolute atomic E-state index is 11.0. The summed E-state index contributed by atoms with van der Waals surface area (Å²) >= 11 is 17.8. The number of carbonyl (C=O) groups is 1. The van der Waals surface area contributed by atoms with Gasteiger partial charge in [-0.2, -0.15) is 0 Å². The minimum Gasteiger partial charge on any atom is -0.336 e. The third-order valence-electron chi connectivity index (χ3n) is 2.17. The Morgan fingerprint density at radius 3 is 2.60 bits per heavy atom. The van der Waals surface area contributed by atoms with Crippen molar-refractivity contribution in [1.29, 1.82) is 0 Å². The van der Waals surface area contributed by atoms with Crippen LogP contribution in [0.3, 0.4) is 0 Å². The predicted octanol–water partition coefficient (Wildman–Crippen LogP) is 3.00. The molecule has 2 rings (SSSR count). The highest BCUT2D eigenvalue weighted by Crippen LogP contribution is 2.33. The second-order valence-corrected chi connectivity index (χ2v) is 4.42. The van der Waals surface area contributed by atoms with Crippen LogP contribution in [-0.4, -0.2) is 12.6 Å². The summed E-state index contributed by atoms with van der Waals surface area (Å²) in [5, 5.41) is 6.67. The van der Waals surface area contributed by atoms with E-state index in [1.807, 2.05) is 0 Å². The lowest BCUT2D eigenvalue weighted by Gasteiger charge is -2.12. The average molecular weight is 266 g/mol. The van der Waals surface area contributed by atoms with Crippen LogP contribution in [0.15, 0.2) is 12.1 Å². The molecule has 1 aromatic rings. The van der Waals surface area contributed by atoms with E-state index in [-0.39, 0.29) is 12.1 Å². The first-order valence-electron chi connectivity index (χ1n) is 4.26. The molecule has 6 heteroatoms. The van der Waals surface area contributed by atoms with Gasteiger partial charge in [0.1, 0.15) is 0 Å². The molecule has 1 saturated heterocycles. The molecule has 0 spiro atoms. The largest absolute Gasteiger partial charge is 0.336 e. The number of amides is 2. The number of nitrogens with one attached hydrogen (secondary N) is 2. The first-order chi connectivity index (χ1) is 7.08. The predicted molar refractivity (Wildman–Crippen MR) is 60.7 cm³/mol. The maximum Gasteiger partial charge on any atom is 0.315 e.